The van der Waals surface area contributed by atoms with Crippen molar-refractivity contribution in [3.05, 3.63) is 12.2 Å². The maximum absolute atomic E-state index is 11.7. The molecule has 0 aliphatic rings. The second-order valence-corrected chi connectivity index (χ2v) is 7.99. The molecule has 0 bridgehead atoms. The fourth-order valence-electron chi connectivity index (χ4n) is 1.83. The van der Waals surface area contributed by atoms with Crippen LogP contribution < -0.4 is 10.6 Å². The summed E-state index contributed by atoms with van der Waals surface area (Å²) in [6, 6.07) is -0.958. The monoisotopic (exact) mass is 374 g/mol. The molecule has 0 unspecified atom stereocenters. The Morgan fingerprint density at radius 2 is 1.12 bits per heavy atom. The molecule has 4 N–H and O–H groups in total. The molecule has 0 heterocycles. The van der Waals surface area contributed by atoms with Gasteiger partial charge in [0, 0.05) is 0 Å². The highest BCUT2D eigenvalue weighted by Crippen LogP contribution is 2.08. The van der Waals surface area contributed by atoms with Crippen LogP contribution in [0.2, 0.25) is 0 Å². The van der Waals surface area contributed by atoms with Crippen LogP contribution in [0.15, 0.2) is 12.2 Å². The van der Waals surface area contributed by atoms with E-state index in [0.717, 1.165) is 0 Å². The Morgan fingerprint density at radius 3 is 1.35 bits per heavy atom. The first kappa shape index (κ1) is 24.2. The molecule has 152 valence electrons. The molecule has 0 saturated carbocycles. The second-order valence-electron chi connectivity index (χ2n) is 7.99. The lowest BCUT2D eigenvalue weighted by Gasteiger charge is -2.22. The van der Waals surface area contributed by atoms with Crippen molar-refractivity contribution in [3.63, 3.8) is 0 Å². The zero-order valence-corrected chi connectivity index (χ0v) is 16.7. The van der Waals surface area contributed by atoms with Crippen molar-refractivity contribution in [1.82, 2.24) is 10.6 Å². The van der Waals surface area contributed by atoms with E-state index in [0.29, 0.717) is 12.8 Å². The third-order valence-electron chi connectivity index (χ3n) is 2.89. The minimum Gasteiger partial charge on any atom is -0.444 e. The molecule has 0 aromatic carbocycles. The number of hydrogen-bond donors (Lipinski definition) is 4. The summed E-state index contributed by atoms with van der Waals surface area (Å²) in [5.74, 6) is 0. The van der Waals surface area contributed by atoms with Crippen molar-refractivity contribution in [1.29, 1.82) is 0 Å². The van der Waals surface area contributed by atoms with Gasteiger partial charge in [-0.3, -0.25) is 0 Å². The van der Waals surface area contributed by atoms with Gasteiger partial charge in [-0.05, 0) is 54.4 Å². The molecule has 0 saturated heterocycles. The van der Waals surface area contributed by atoms with Gasteiger partial charge in [0.05, 0.1) is 25.3 Å². The standard InChI is InChI=1S/C18H34N2O6/c1-17(2,3)25-15(23)19-13(11-21)9-7-8-10-14(12-22)20-16(24)26-18(4,5)6/h7-8,13-14,21-22H,9-12H2,1-6H3,(H,19,23)(H,20,24)/b8-7+/t13-,14-/m0/s1. The molecular formula is C18H34N2O6. The van der Waals surface area contributed by atoms with Crippen LogP contribution in [0.25, 0.3) is 0 Å². The third-order valence-corrected chi connectivity index (χ3v) is 2.89. The van der Waals surface area contributed by atoms with E-state index in [1.807, 2.05) is 0 Å². The summed E-state index contributed by atoms with van der Waals surface area (Å²) < 4.78 is 10.3. The van der Waals surface area contributed by atoms with E-state index in [2.05, 4.69) is 10.6 Å². The highest BCUT2D eigenvalue weighted by Gasteiger charge is 2.19. The molecule has 2 amide bonds. The number of nitrogens with one attached hydrogen (secondary N) is 2. The smallest absolute Gasteiger partial charge is 0.407 e. The van der Waals surface area contributed by atoms with Gasteiger partial charge in [0.2, 0.25) is 0 Å². The van der Waals surface area contributed by atoms with E-state index in [4.69, 9.17) is 9.47 Å². The van der Waals surface area contributed by atoms with Gasteiger partial charge in [0.15, 0.2) is 0 Å². The molecule has 0 aromatic heterocycles. The Morgan fingerprint density at radius 1 is 0.808 bits per heavy atom. The molecule has 0 radical (unpaired) electrons. The predicted molar refractivity (Wildman–Crippen MR) is 98.9 cm³/mol. The van der Waals surface area contributed by atoms with Crippen LogP contribution in [0, 0.1) is 0 Å². The van der Waals surface area contributed by atoms with Crippen molar-refractivity contribution >= 4 is 12.2 Å². The van der Waals surface area contributed by atoms with Crippen LogP contribution >= 0.6 is 0 Å². The fraction of sp³-hybridized carbons (Fsp3) is 0.778. The number of ether oxygens (including phenoxy) is 2. The SMILES string of the molecule is CC(C)(C)OC(=O)N[C@H](CO)C/C=C/C[C@@H](CO)NC(=O)OC(C)(C)C. The lowest BCUT2D eigenvalue weighted by atomic mass is 10.1. The number of aliphatic hydroxyl groups is 2. The Bertz CT molecular complexity index is 423. The van der Waals surface area contributed by atoms with Crippen LogP contribution in [0.3, 0.4) is 0 Å². The van der Waals surface area contributed by atoms with E-state index < -0.39 is 35.5 Å². The summed E-state index contributed by atoms with van der Waals surface area (Å²) in [6.07, 6.45) is 3.12. The Kier molecular flexibility index (Phi) is 10.3. The van der Waals surface area contributed by atoms with Crippen LogP contribution in [0.4, 0.5) is 9.59 Å². The summed E-state index contributed by atoms with van der Waals surface area (Å²) in [5, 5.41) is 23.8. The van der Waals surface area contributed by atoms with Gasteiger partial charge in [-0.1, -0.05) is 12.2 Å². The van der Waals surface area contributed by atoms with Crippen molar-refractivity contribution in [2.24, 2.45) is 0 Å². The van der Waals surface area contributed by atoms with E-state index in [1.165, 1.54) is 0 Å². The minimum atomic E-state index is -0.610. The molecule has 0 rings (SSSR count). The van der Waals surface area contributed by atoms with Gasteiger partial charge in [-0.15, -0.1) is 0 Å². The highest BCUT2D eigenvalue weighted by atomic mass is 16.6. The van der Waals surface area contributed by atoms with Gasteiger partial charge in [-0.2, -0.15) is 0 Å². The lowest BCUT2D eigenvalue weighted by molar-refractivity contribution is 0.0471. The number of carbonyl (C=O) groups excluding carboxylic acids is 2. The predicted octanol–water partition coefficient (Wildman–Crippen LogP) is 2.09. The molecule has 0 spiro atoms. The van der Waals surface area contributed by atoms with Crippen molar-refractivity contribution in [2.75, 3.05) is 13.2 Å². The zero-order chi connectivity index (χ0) is 20.4. The van der Waals surface area contributed by atoms with Crippen LogP contribution in [0.5, 0.6) is 0 Å². The number of alkyl carbamates (subject to hydrolysis) is 2. The van der Waals surface area contributed by atoms with Gasteiger partial charge >= 0.3 is 12.2 Å². The Balaban J connectivity index is 4.34. The van der Waals surface area contributed by atoms with E-state index in [-0.39, 0.29) is 13.2 Å². The van der Waals surface area contributed by atoms with Crippen LogP contribution in [-0.4, -0.2) is 58.9 Å². The van der Waals surface area contributed by atoms with Gasteiger partial charge in [-0.25, -0.2) is 9.59 Å². The maximum Gasteiger partial charge on any atom is 0.407 e. The number of amides is 2. The topological polar surface area (TPSA) is 117 Å². The number of rotatable bonds is 8. The van der Waals surface area contributed by atoms with Gasteiger partial charge in [0.1, 0.15) is 11.2 Å². The molecule has 2 atom stereocenters. The Labute approximate surface area is 155 Å². The average Bonchev–Trinajstić information content (AvgIpc) is 2.45. The number of carbonyl (C=O) groups is 2. The fourth-order valence-corrected chi connectivity index (χ4v) is 1.83. The third kappa shape index (κ3) is 13.5. The first-order chi connectivity index (χ1) is 11.9. The summed E-state index contributed by atoms with van der Waals surface area (Å²) in [7, 11) is 0. The van der Waals surface area contributed by atoms with Crippen molar-refractivity contribution in [2.45, 2.75) is 77.7 Å². The molecular weight excluding hydrogens is 340 g/mol. The average molecular weight is 374 g/mol. The minimum absolute atomic E-state index is 0.233. The first-order valence-electron chi connectivity index (χ1n) is 8.72. The molecule has 0 aliphatic carbocycles. The maximum atomic E-state index is 11.7. The summed E-state index contributed by atoms with van der Waals surface area (Å²) in [4.78, 5) is 23.4. The van der Waals surface area contributed by atoms with Crippen molar-refractivity contribution in [3.8, 4) is 0 Å². The molecule has 8 nitrogen and oxygen atoms in total. The molecule has 0 fully saturated rings. The summed E-state index contributed by atoms with van der Waals surface area (Å²) in [6.45, 7) is 10.1. The normalized spacial score (nSPS) is 14.6. The Hall–Kier alpha value is -1.80. The zero-order valence-electron chi connectivity index (χ0n) is 16.7. The first-order valence-corrected chi connectivity index (χ1v) is 8.72. The highest BCUT2D eigenvalue weighted by molar-refractivity contribution is 5.68. The van der Waals surface area contributed by atoms with Crippen molar-refractivity contribution < 1.29 is 29.3 Å². The van der Waals surface area contributed by atoms with Crippen LogP contribution in [-0.2, 0) is 9.47 Å². The van der Waals surface area contributed by atoms with Gasteiger partial charge in [0.25, 0.3) is 0 Å². The summed E-state index contributed by atoms with van der Waals surface area (Å²) >= 11 is 0. The lowest BCUT2D eigenvalue weighted by Crippen LogP contribution is -2.41. The van der Waals surface area contributed by atoms with Crippen LogP contribution in [0.1, 0.15) is 54.4 Å². The quantitative estimate of drug-likeness (QED) is 0.483. The number of aliphatic hydroxyl groups excluding tert-OH is 2. The molecule has 8 heteroatoms. The largest absolute Gasteiger partial charge is 0.444 e. The molecule has 0 aliphatic heterocycles. The molecule has 26 heavy (non-hydrogen) atoms. The van der Waals surface area contributed by atoms with E-state index in [1.54, 1.807) is 53.7 Å². The summed E-state index contributed by atoms with van der Waals surface area (Å²) in [5.41, 5.74) is -1.22. The second kappa shape index (κ2) is 11.0. The van der Waals surface area contributed by atoms with Gasteiger partial charge < -0.3 is 30.3 Å². The number of hydrogen-bond acceptors (Lipinski definition) is 6. The van der Waals surface area contributed by atoms with E-state index >= 15 is 0 Å². The van der Waals surface area contributed by atoms with E-state index in [9.17, 15) is 19.8 Å². The molecule has 0 aromatic rings.